The van der Waals surface area contributed by atoms with Crippen LogP contribution in [0.5, 0.6) is 11.5 Å². The molecule has 0 radical (unpaired) electrons. The second kappa shape index (κ2) is 4.81. The van der Waals surface area contributed by atoms with Gasteiger partial charge in [-0.05, 0) is 42.0 Å². The molecule has 0 aliphatic carbocycles. The standard InChI is InChI=1S/C16H11FO3/c17-12-3-1-10(2-4-12)7-11-9-20-15-6-5-13(18)8-14(15)16(11)19/h1-8,18H,9H2/b11-7+. The number of fused-ring (bicyclic) bond motifs is 1. The zero-order chi connectivity index (χ0) is 14.1. The quantitative estimate of drug-likeness (QED) is 0.809. The molecular weight excluding hydrogens is 259 g/mol. The summed E-state index contributed by atoms with van der Waals surface area (Å²) in [6, 6.07) is 10.3. The molecule has 1 aliphatic rings. The van der Waals surface area contributed by atoms with Crippen LogP contribution in [0.1, 0.15) is 15.9 Å². The SMILES string of the molecule is O=C1/C(=C/c2ccc(F)cc2)COc2ccc(O)cc21. The van der Waals surface area contributed by atoms with E-state index in [2.05, 4.69) is 0 Å². The van der Waals surface area contributed by atoms with Gasteiger partial charge in [-0.25, -0.2) is 4.39 Å². The van der Waals surface area contributed by atoms with Crippen LogP contribution in [0.3, 0.4) is 0 Å². The van der Waals surface area contributed by atoms with Crippen LogP contribution in [-0.2, 0) is 0 Å². The lowest BCUT2D eigenvalue weighted by atomic mass is 9.98. The largest absolute Gasteiger partial charge is 0.508 e. The number of rotatable bonds is 1. The number of Topliss-reactive ketones (excluding diaryl/α,β-unsaturated/α-hetero) is 1. The topological polar surface area (TPSA) is 46.5 Å². The van der Waals surface area contributed by atoms with Crippen LogP contribution in [0.4, 0.5) is 4.39 Å². The number of carbonyl (C=O) groups excluding carboxylic acids is 1. The molecule has 100 valence electrons. The van der Waals surface area contributed by atoms with Gasteiger partial charge in [-0.2, -0.15) is 0 Å². The number of hydrogen-bond acceptors (Lipinski definition) is 3. The highest BCUT2D eigenvalue weighted by Gasteiger charge is 2.23. The smallest absolute Gasteiger partial charge is 0.196 e. The summed E-state index contributed by atoms with van der Waals surface area (Å²) in [5, 5.41) is 9.44. The second-order valence-corrected chi connectivity index (χ2v) is 4.52. The molecule has 1 heterocycles. The Morgan fingerprint density at radius 1 is 1.15 bits per heavy atom. The summed E-state index contributed by atoms with van der Waals surface area (Å²) in [4.78, 5) is 12.3. The van der Waals surface area contributed by atoms with Gasteiger partial charge in [-0.15, -0.1) is 0 Å². The van der Waals surface area contributed by atoms with Crippen molar-refractivity contribution in [3.63, 3.8) is 0 Å². The van der Waals surface area contributed by atoms with E-state index in [1.807, 2.05) is 0 Å². The minimum atomic E-state index is -0.325. The normalized spacial score (nSPS) is 15.8. The fourth-order valence-corrected chi connectivity index (χ4v) is 2.08. The van der Waals surface area contributed by atoms with Crippen molar-refractivity contribution in [2.45, 2.75) is 0 Å². The minimum Gasteiger partial charge on any atom is -0.508 e. The molecular formula is C16H11FO3. The molecule has 0 saturated heterocycles. The van der Waals surface area contributed by atoms with Crippen molar-refractivity contribution < 1.29 is 19.0 Å². The Balaban J connectivity index is 1.97. The Bertz CT molecular complexity index is 702. The van der Waals surface area contributed by atoms with E-state index in [1.165, 1.54) is 24.3 Å². The van der Waals surface area contributed by atoms with Crippen LogP contribution in [0.2, 0.25) is 0 Å². The van der Waals surface area contributed by atoms with Crippen LogP contribution in [0.25, 0.3) is 6.08 Å². The summed E-state index contributed by atoms with van der Waals surface area (Å²) in [7, 11) is 0. The van der Waals surface area contributed by atoms with Gasteiger partial charge >= 0.3 is 0 Å². The highest BCUT2D eigenvalue weighted by molar-refractivity contribution is 6.14. The highest BCUT2D eigenvalue weighted by atomic mass is 19.1. The van der Waals surface area contributed by atoms with Crippen molar-refractivity contribution >= 4 is 11.9 Å². The van der Waals surface area contributed by atoms with Gasteiger partial charge in [-0.1, -0.05) is 12.1 Å². The number of aromatic hydroxyl groups is 1. The van der Waals surface area contributed by atoms with Crippen molar-refractivity contribution in [3.8, 4) is 11.5 Å². The number of ketones is 1. The van der Waals surface area contributed by atoms with Gasteiger partial charge in [0.25, 0.3) is 0 Å². The minimum absolute atomic E-state index is 0.0173. The van der Waals surface area contributed by atoms with E-state index < -0.39 is 0 Å². The molecule has 2 aromatic carbocycles. The molecule has 1 aliphatic heterocycles. The first-order chi connectivity index (χ1) is 9.63. The first kappa shape index (κ1) is 12.4. The second-order valence-electron chi connectivity index (χ2n) is 4.52. The molecule has 0 fully saturated rings. The number of ether oxygens (including phenoxy) is 1. The van der Waals surface area contributed by atoms with Gasteiger partial charge in [0.2, 0.25) is 0 Å². The lowest BCUT2D eigenvalue weighted by Gasteiger charge is -2.18. The zero-order valence-electron chi connectivity index (χ0n) is 10.5. The molecule has 0 unspecified atom stereocenters. The summed E-state index contributed by atoms with van der Waals surface area (Å²) in [6.45, 7) is 0.161. The lowest BCUT2D eigenvalue weighted by Crippen LogP contribution is -2.18. The van der Waals surface area contributed by atoms with Crippen molar-refractivity contribution in [2.75, 3.05) is 6.61 Å². The monoisotopic (exact) mass is 270 g/mol. The Labute approximate surface area is 114 Å². The molecule has 2 aromatic rings. The third kappa shape index (κ3) is 2.28. The van der Waals surface area contributed by atoms with Gasteiger partial charge in [0, 0.05) is 5.57 Å². The fraction of sp³-hybridized carbons (Fsp3) is 0.0625. The number of phenols is 1. The maximum absolute atomic E-state index is 12.8. The van der Waals surface area contributed by atoms with Crippen LogP contribution in [0.15, 0.2) is 48.0 Å². The van der Waals surface area contributed by atoms with E-state index >= 15 is 0 Å². The van der Waals surface area contributed by atoms with Crippen LogP contribution >= 0.6 is 0 Å². The first-order valence-corrected chi connectivity index (χ1v) is 6.10. The molecule has 0 spiro atoms. The van der Waals surface area contributed by atoms with E-state index in [4.69, 9.17) is 4.74 Å². The molecule has 3 rings (SSSR count). The fourth-order valence-electron chi connectivity index (χ4n) is 2.08. The van der Waals surface area contributed by atoms with E-state index in [9.17, 15) is 14.3 Å². The first-order valence-electron chi connectivity index (χ1n) is 6.10. The van der Waals surface area contributed by atoms with E-state index in [-0.39, 0.29) is 24.0 Å². The summed E-state index contributed by atoms with van der Waals surface area (Å²) in [5.74, 6) is -0.0344. The zero-order valence-corrected chi connectivity index (χ0v) is 10.5. The number of halogens is 1. The predicted molar refractivity (Wildman–Crippen MR) is 72.3 cm³/mol. The van der Waals surface area contributed by atoms with E-state index in [1.54, 1.807) is 24.3 Å². The highest BCUT2D eigenvalue weighted by Crippen LogP contribution is 2.30. The van der Waals surface area contributed by atoms with Crippen molar-refractivity contribution in [1.29, 1.82) is 0 Å². The van der Waals surface area contributed by atoms with Gasteiger partial charge in [-0.3, -0.25) is 4.79 Å². The maximum Gasteiger partial charge on any atom is 0.196 e. The third-order valence-corrected chi connectivity index (χ3v) is 3.09. The molecule has 0 atom stereocenters. The summed E-state index contributed by atoms with van der Waals surface area (Å²) in [6.07, 6.45) is 1.66. The summed E-state index contributed by atoms with van der Waals surface area (Å²) in [5.41, 5.74) is 1.53. The molecule has 0 saturated carbocycles. The summed E-state index contributed by atoms with van der Waals surface area (Å²) >= 11 is 0. The predicted octanol–water partition coefficient (Wildman–Crippen LogP) is 3.19. The molecule has 3 nitrogen and oxygen atoms in total. The Kier molecular flexibility index (Phi) is 2.99. The Hall–Kier alpha value is -2.62. The molecule has 1 N–H and O–H groups in total. The third-order valence-electron chi connectivity index (χ3n) is 3.09. The van der Waals surface area contributed by atoms with Crippen LogP contribution in [0, 0.1) is 5.82 Å². The van der Waals surface area contributed by atoms with Gasteiger partial charge < -0.3 is 9.84 Å². The number of carbonyl (C=O) groups is 1. The van der Waals surface area contributed by atoms with Gasteiger partial charge in [0.15, 0.2) is 5.78 Å². The van der Waals surface area contributed by atoms with Crippen LogP contribution < -0.4 is 4.74 Å². The maximum atomic E-state index is 12.8. The summed E-state index contributed by atoms with van der Waals surface area (Å²) < 4.78 is 18.3. The Morgan fingerprint density at radius 3 is 2.65 bits per heavy atom. The van der Waals surface area contributed by atoms with Crippen molar-refractivity contribution in [2.24, 2.45) is 0 Å². The number of benzene rings is 2. The van der Waals surface area contributed by atoms with Gasteiger partial charge in [0.05, 0.1) is 5.56 Å². The molecule has 0 bridgehead atoms. The van der Waals surface area contributed by atoms with E-state index in [0.29, 0.717) is 16.9 Å². The molecule has 4 heteroatoms. The lowest BCUT2D eigenvalue weighted by molar-refractivity contribution is 0.100. The van der Waals surface area contributed by atoms with Crippen molar-refractivity contribution in [1.82, 2.24) is 0 Å². The Morgan fingerprint density at radius 2 is 1.90 bits per heavy atom. The average Bonchev–Trinajstić information content (AvgIpc) is 2.45. The van der Waals surface area contributed by atoms with Gasteiger partial charge in [0.1, 0.15) is 23.9 Å². The van der Waals surface area contributed by atoms with E-state index in [0.717, 1.165) is 5.56 Å². The molecule has 0 amide bonds. The van der Waals surface area contributed by atoms with Crippen molar-refractivity contribution in [3.05, 3.63) is 65.0 Å². The molecule has 0 aromatic heterocycles. The van der Waals surface area contributed by atoms with Crippen LogP contribution in [-0.4, -0.2) is 17.5 Å². The molecule has 20 heavy (non-hydrogen) atoms. The number of hydrogen-bond donors (Lipinski definition) is 1. The number of phenolic OH excluding ortho intramolecular Hbond substituents is 1. The average molecular weight is 270 g/mol.